The predicted octanol–water partition coefficient (Wildman–Crippen LogP) is 3.65. The summed E-state index contributed by atoms with van der Waals surface area (Å²) < 4.78 is 32.4. The molecule has 1 saturated heterocycles. The number of morpholine rings is 1. The number of ether oxygens (including phenoxy) is 1. The van der Waals surface area contributed by atoms with Crippen molar-refractivity contribution in [2.75, 3.05) is 58.4 Å². The molecule has 0 spiro atoms. The van der Waals surface area contributed by atoms with Crippen molar-refractivity contribution in [1.29, 1.82) is 0 Å². The highest BCUT2D eigenvalue weighted by molar-refractivity contribution is 7.89. The van der Waals surface area contributed by atoms with Crippen LogP contribution in [0.4, 0.5) is 5.13 Å². The molecule has 4 rings (SSSR count). The van der Waals surface area contributed by atoms with Crippen molar-refractivity contribution in [3.63, 3.8) is 0 Å². The van der Waals surface area contributed by atoms with Gasteiger partial charge in [0.2, 0.25) is 10.0 Å². The number of rotatable bonds is 8. The molecular weight excluding hydrogens is 508 g/mol. The van der Waals surface area contributed by atoms with Crippen LogP contribution in [0.2, 0.25) is 0 Å². The number of aryl methyl sites for hydroxylation is 1. The fourth-order valence-electron chi connectivity index (χ4n) is 3.89. The molecule has 1 aliphatic heterocycles. The minimum atomic E-state index is -3.56. The molecule has 0 saturated carbocycles. The number of carbonyl (C=O) groups excluding carboxylic acids is 1. The van der Waals surface area contributed by atoms with Gasteiger partial charge in [-0.2, -0.15) is 0 Å². The van der Waals surface area contributed by atoms with Crippen molar-refractivity contribution in [1.82, 2.24) is 14.2 Å². The number of carbonyl (C=O) groups is 1. The van der Waals surface area contributed by atoms with E-state index in [-0.39, 0.29) is 23.2 Å². The maximum atomic E-state index is 13.6. The molecule has 1 aliphatic rings. The number of para-hydroxylation sites is 1. The molecule has 3 aromatic rings. The number of sulfonamides is 1. The minimum absolute atomic E-state index is 0. The van der Waals surface area contributed by atoms with E-state index in [2.05, 4.69) is 4.90 Å². The van der Waals surface area contributed by atoms with Crippen LogP contribution in [0.15, 0.2) is 47.4 Å². The number of nitrogens with zero attached hydrogens (tertiary/aromatic N) is 4. The average Bonchev–Trinajstić information content (AvgIpc) is 3.27. The van der Waals surface area contributed by atoms with E-state index < -0.39 is 10.0 Å². The lowest BCUT2D eigenvalue weighted by molar-refractivity contribution is 0.0376. The summed E-state index contributed by atoms with van der Waals surface area (Å²) in [4.78, 5) is 22.6. The van der Waals surface area contributed by atoms with Crippen molar-refractivity contribution in [3.05, 3.63) is 53.6 Å². The van der Waals surface area contributed by atoms with Crippen LogP contribution in [0, 0.1) is 6.92 Å². The van der Waals surface area contributed by atoms with Crippen LogP contribution in [-0.2, 0) is 14.8 Å². The number of fused-ring (bicyclic) bond motifs is 1. The van der Waals surface area contributed by atoms with E-state index in [4.69, 9.17) is 9.72 Å². The maximum absolute atomic E-state index is 13.6. The van der Waals surface area contributed by atoms with Crippen LogP contribution in [-0.4, -0.2) is 82.0 Å². The third-order valence-electron chi connectivity index (χ3n) is 5.93. The molecule has 2 aromatic carbocycles. The molecule has 1 fully saturated rings. The van der Waals surface area contributed by atoms with Gasteiger partial charge in [-0.15, -0.1) is 12.4 Å². The van der Waals surface area contributed by atoms with E-state index in [9.17, 15) is 13.2 Å². The van der Waals surface area contributed by atoms with Gasteiger partial charge in [-0.1, -0.05) is 23.5 Å². The zero-order valence-electron chi connectivity index (χ0n) is 20.1. The van der Waals surface area contributed by atoms with E-state index in [0.29, 0.717) is 17.2 Å². The van der Waals surface area contributed by atoms with Gasteiger partial charge in [0.05, 0.1) is 28.3 Å². The lowest BCUT2D eigenvalue weighted by Gasteiger charge is -2.27. The highest BCUT2D eigenvalue weighted by Gasteiger charge is 2.24. The Morgan fingerprint density at radius 2 is 1.80 bits per heavy atom. The Bertz CT molecular complexity index is 1260. The van der Waals surface area contributed by atoms with Gasteiger partial charge in [0.25, 0.3) is 5.91 Å². The van der Waals surface area contributed by atoms with Crippen molar-refractivity contribution < 1.29 is 17.9 Å². The zero-order chi connectivity index (χ0) is 24.3. The lowest BCUT2D eigenvalue weighted by Crippen LogP contribution is -2.39. The molecule has 0 bridgehead atoms. The van der Waals surface area contributed by atoms with Gasteiger partial charge in [0, 0.05) is 45.8 Å². The van der Waals surface area contributed by atoms with Gasteiger partial charge in [-0.05, 0) is 49.2 Å². The van der Waals surface area contributed by atoms with Crippen molar-refractivity contribution in [3.8, 4) is 0 Å². The number of anilines is 1. The largest absolute Gasteiger partial charge is 0.379 e. The van der Waals surface area contributed by atoms with Crippen LogP contribution in [0.5, 0.6) is 0 Å². The van der Waals surface area contributed by atoms with E-state index in [1.54, 1.807) is 17.0 Å². The van der Waals surface area contributed by atoms with Crippen LogP contribution in [0.1, 0.15) is 22.3 Å². The second kappa shape index (κ2) is 11.8. The minimum Gasteiger partial charge on any atom is -0.379 e. The third-order valence-corrected chi connectivity index (χ3v) is 8.80. The molecule has 35 heavy (non-hydrogen) atoms. The number of halogens is 1. The highest BCUT2D eigenvalue weighted by atomic mass is 35.5. The number of amides is 1. The molecule has 0 atom stereocenters. The highest BCUT2D eigenvalue weighted by Crippen LogP contribution is 2.31. The Balaban J connectivity index is 0.00000342. The van der Waals surface area contributed by atoms with E-state index in [1.807, 2.05) is 25.1 Å². The molecule has 1 amide bonds. The van der Waals surface area contributed by atoms with Gasteiger partial charge < -0.3 is 4.74 Å². The Morgan fingerprint density at radius 1 is 1.11 bits per heavy atom. The molecule has 0 radical (unpaired) electrons. The standard InChI is InChI=1S/C24H30N4O4S2.ClH/c1-18-6-4-7-21-22(18)25-24(33-21)28(13-5-12-27-14-16-32-17-15-27)23(29)19-8-10-20(11-9-19)34(30,31)26(2)3;/h4,6-11H,5,12-17H2,1-3H3;1H. The quantitative estimate of drug-likeness (QED) is 0.435. The van der Waals surface area contributed by atoms with E-state index in [0.717, 1.165) is 59.4 Å². The van der Waals surface area contributed by atoms with Gasteiger partial charge in [-0.25, -0.2) is 17.7 Å². The summed E-state index contributed by atoms with van der Waals surface area (Å²) in [6.07, 6.45) is 0.799. The average molecular weight is 539 g/mol. The van der Waals surface area contributed by atoms with Gasteiger partial charge in [0.1, 0.15) is 0 Å². The number of hydrogen-bond acceptors (Lipinski definition) is 7. The first kappa shape index (κ1) is 27.5. The van der Waals surface area contributed by atoms with Crippen molar-refractivity contribution in [2.45, 2.75) is 18.2 Å². The first-order valence-electron chi connectivity index (χ1n) is 11.3. The van der Waals surface area contributed by atoms with Gasteiger partial charge >= 0.3 is 0 Å². The topological polar surface area (TPSA) is 83.0 Å². The molecule has 1 aromatic heterocycles. The second-order valence-corrected chi connectivity index (χ2v) is 11.7. The Hall–Kier alpha value is -2.08. The third kappa shape index (κ3) is 6.19. The fourth-order valence-corrected chi connectivity index (χ4v) is 5.86. The summed E-state index contributed by atoms with van der Waals surface area (Å²) in [5, 5.41) is 0.654. The SMILES string of the molecule is Cc1cccc2sc(N(CCCN3CCOCC3)C(=O)c3ccc(S(=O)(=O)N(C)C)cc3)nc12.Cl. The first-order chi connectivity index (χ1) is 16.3. The smallest absolute Gasteiger partial charge is 0.260 e. The molecule has 11 heteroatoms. The van der Waals surface area contributed by atoms with Crippen LogP contribution >= 0.6 is 23.7 Å². The van der Waals surface area contributed by atoms with E-state index >= 15 is 0 Å². The van der Waals surface area contributed by atoms with E-state index in [1.165, 1.54) is 37.6 Å². The van der Waals surface area contributed by atoms with Crippen molar-refractivity contribution in [2.24, 2.45) is 0 Å². The number of aromatic nitrogens is 1. The monoisotopic (exact) mass is 538 g/mol. The normalized spacial score (nSPS) is 14.7. The molecule has 190 valence electrons. The van der Waals surface area contributed by atoms with Crippen LogP contribution < -0.4 is 4.90 Å². The van der Waals surface area contributed by atoms with Crippen molar-refractivity contribution >= 4 is 55.0 Å². The lowest BCUT2D eigenvalue weighted by atomic mass is 10.2. The first-order valence-corrected chi connectivity index (χ1v) is 13.5. The summed E-state index contributed by atoms with van der Waals surface area (Å²) in [6, 6.07) is 12.1. The predicted molar refractivity (Wildman–Crippen MR) is 142 cm³/mol. The second-order valence-electron chi connectivity index (χ2n) is 8.49. The fraction of sp³-hybridized carbons (Fsp3) is 0.417. The summed E-state index contributed by atoms with van der Waals surface area (Å²) in [5.41, 5.74) is 2.40. The number of hydrogen-bond donors (Lipinski definition) is 0. The Labute approximate surface area is 217 Å². The summed E-state index contributed by atoms with van der Waals surface area (Å²) in [7, 11) is -0.586. The molecular formula is C24H31ClN4O4S2. The van der Waals surface area contributed by atoms with Gasteiger partial charge in [0.15, 0.2) is 5.13 Å². The molecule has 0 aliphatic carbocycles. The molecule has 2 heterocycles. The molecule has 0 N–H and O–H groups in total. The van der Waals surface area contributed by atoms with Crippen LogP contribution in [0.3, 0.4) is 0 Å². The molecule has 8 nitrogen and oxygen atoms in total. The maximum Gasteiger partial charge on any atom is 0.260 e. The Kier molecular flexibility index (Phi) is 9.25. The van der Waals surface area contributed by atoms with Gasteiger partial charge in [-0.3, -0.25) is 14.6 Å². The Morgan fingerprint density at radius 3 is 2.43 bits per heavy atom. The summed E-state index contributed by atoms with van der Waals surface area (Å²) >= 11 is 1.50. The molecule has 0 unspecified atom stereocenters. The number of thiazole rings is 1. The summed E-state index contributed by atoms with van der Waals surface area (Å²) in [6.45, 7) is 6.68. The summed E-state index contributed by atoms with van der Waals surface area (Å²) in [5.74, 6) is -0.188. The zero-order valence-corrected chi connectivity index (χ0v) is 22.6. The number of benzene rings is 2. The van der Waals surface area contributed by atoms with Crippen LogP contribution in [0.25, 0.3) is 10.2 Å².